The highest BCUT2D eigenvalue weighted by Crippen LogP contribution is 2.28. The zero-order chi connectivity index (χ0) is 26.4. The quantitative estimate of drug-likeness (QED) is 0.427. The third-order valence-electron chi connectivity index (χ3n) is 6.63. The van der Waals surface area contributed by atoms with Gasteiger partial charge in [0, 0.05) is 43.9 Å². The number of amides is 2. The first-order valence-corrected chi connectivity index (χ1v) is 13.0. The summed E-state index contributed by atoms with van der Waals surface area (Å²) in [5.41, 5.74) is 1.63. The Morgan fingerprint density at radius 2 is 2.00 bits per heavy atom. The van der Waals surface area contributed by atoms with Crippen LogP contribution in [0.25, 0.3) is 0 Å². The molecule has 0 unspecified atom stereocenters. The Kier molecular flexibility index (Phi) is 8.58. The second kappa shape index (κ2) is 12.0. The van der Waals surface area contributed by atoms with Gasteiger partial charge >= 0.3 is 11.9 Å². The Morgan fingerprint density at radius 1 is 1.22 bits per heavy atom. The maximum absolute atomic E-state index is 13.7. The molecule has 37 heavy (non-hydrogen) atoms. The summed E-state index contributed by atoms with van der Waals surface area (Å²) in [5.74, 6) is 0.644. The van der Waals surface area contributed by atoms with Crippen molar-refractivity contribution < 1.29 is 23.9 Å². The number of carbonyl (C=O) groups is 3. The van der Waals surface area contributed by atoms with E-state index in [9.17, 15) is 14.4 Å². The van der Waals surface area contributed by atoms with Gasteiger partial charge in [-0.3, -0.25) is 14.5 Å². The van der Waals surface area contributed by atoms with E-state index < -0.39 is 11.9 Å². The standard InChI is InChI=1S/C27H35N5O5/c1-4-36-26(35)25(34)31-13-8-19(9-14-31)10-15-32(23-7-12-28-27(30-23)29-18(2)3)24(33)21-5-6-22-20(17-21)11-16-37-22/h5-7,12,17-19H,4,8-11,13-16H2,1-3H3,(H,28,29,30). The Hall–Kier alpha value is -3.69. The molecule has 0 bridgehead atoms. The highest BCUT2D eigenvalue weighted by atomic mass is 16.5. The van der Waals surface area contributed by atoms with E-state index in [2.05, 4.69) is 15.3 Å². The number of anilines is 2. The summed E-state index contributed by atoms with van der Waals surface area (Å²) in [4.78, 5) is 49.9. The number of carbonyl (C=O) groups excluding carboxylic acids is 3. The van der Waals surface area contributed by atoms with Gasteiger partial charge in [0.05, 0.1) is 13.2 Å². The van der Waals surface area contributed by atoms with E-state index >= 15 is 0 Å². The molecule has 2 aromatic rings. The van der Waals surface area contributed by atoms with E-state index in [0.29, 0.717) is 49.5 Å². The molecule has 2 aliphatic heterocycles. The van der Waals surface area contributed by atoms with Crippen molar-refractivity contribution in [3.05, 3.63) is 41.6 Å². The van der Waals surface area contributed by atoms with Gasteiger partial charge < -0.3 is 19.7 Å². The van der Waals surface area contributed by atoms with Crippen molar-refractivity contribution in [3.63, 3.8) is 0 Å². The lowest BCUT2D eigenvalue weighted by Crippen LogP contribution is -2.43. The molecule has 2 amide bonds. The highest BCUT2D eigenvalue weighted by molar-refractivity contribution is 6.32. The molecule has 0 aliphatic carbocycles. The summed E-state index contributed by atoms with van der Waals surface area (Å²) in [6, 6.07) is 7.47. The zero-order valence-electron chi connectivity index (χ0n) is 21.7. The van der Waals surface area contributed by atoms with E-state index in [1.54, 1.807) is 35.1 Å². The van der Waals surface area contributed by atoms with Crippen LogP contribution in [-0.2, 0) is 20.7 Å². The van der Waals surface area contributed by atoms with Crippen LogP contribution in [0.15, 0.2) is 30.5 Å². The largest absolute Gasteiger partial charge is 0.493 e. The van der Waals surface area contributed by atoms with Crippen LogP contribution in [0, 0.1) is 5.92 Å². The minimum Gasteiger partial charge on any atom is -0.493 e. The van der Waals surface area contributed by atoms with Crippen molar-refractivity contribution in [2.24, 2.45) is 5.92 Å². The second-order valence-corrected chi connectivity index (χ2v) is 9.66. The summed E-state index contributed by atoms with van der Waals surface area (Å²) in [6.07, 6.45) is 4.71. The van der Waals surface area contributed by atoms with Gasteiger partial charge in [-0.15, -0.1) is 0 Å². The average molecular weight is 510 g/mol. The summed E-state index contributed by atoms with van der Waals surface area (Å²) in [7, 11) is 0. The Morgan fingerprint density at radius 3 is 2.73 bits per heavy atom. The van der Waals surface area contributed by atoms with E-state index in [4.69, 9.17) is 9.47 Å². The maximum Gasteiger partial charge on any atom is 0.397 e. The van der Waals surface area contributed by atoms with Gasteiger partial charge in [-0.05, 0) is 75.8 Å². The number of hydrogen-bond donors (Lipinski definition) is 1. The molecule has 198 valence electrons. The minimum atomic E-state index is -0.799. The molecule has 2 aliphatic rings. The fraction of sp³-hybridized carbons (Fsp3) is 0.519. The Balaban J connectivity index is 1.47. The number of piperidine rings is 1. The van der Waals surface area contributed by atoms with Crippen LogP contribution >= 0.6 is 0 Å². The number of ether oxygens (including phenoxy) is 2. The van der Waals surface area contributed by atoms with Crippen molar-refractivity contribution in [2.75, 3.05) is 43.1 Å². The van der Waals surface area contributed by atoms with Crippen molar-refractivity contribution in [1.29, 1.82) is 0 Å². The molecular formula is C27H35N5O5. The highest BCUT2D eigenvalue weighted by Gasteiger charge is 2.29. The topological polar surface area (TPSA) is 114 Å². The number of esters is 1. The zero-order valence-corrected chi connectivity index (χ0v) is 21.7. The number of rotatable bonds is 8. The van der Waals surface area contributed by atoms with Gasteiger partial charge in [0.15, 0.2) is 0 Å². The number of benzene rings is 1. The van der Waals surface area contributed by atoms with Crippen molar-refractivity contribution in [1.82, 2.24) is 14.9 Å². The van der Waals surface area contributed by atoms with Crippen molar-refractivity contribution in [2.45, 2.75) is 52.5 Å². The molecule has 1 fully saturated rings. The smallest absolute Gasteiger partial charge is 0.397 e. The summed E-state index contributed by atoms with van der Waals surface area (Å²) in [6.45, 7) is 7.97. The maximum atomic E-state index is 13.7. The molecule has 0 radical (unpaired) electrons. The lowest BCUT2D eigenvalue weighted by Gasteiger charge is -2.32. The fourth-order valence-electron chi connectivity index (χ4n) is 4.68. The van der Waals surface area contributed by atoms with E-state index in [1.807, 2.05) is 26.0 Å². The lowest BCUT2D eigenvalue weighted by atomic mass is 9.93. The SMILES string of the molecule is CCOC(=O)C(=O)N1CCC(CCN(C(=O)c2ccc3c(c2)CCO3)c2ccnc(NC(C)C)n2)CC1. The summed E-state index contributed by atoms with van der Waals surface area (Å²) in [5, 5.41) is 3.20. The molecular weight excluding hydrogens is 474 g/mol. The number of fused-ring (bicyclic) bond motifs is 1. The van der Waals surface area contributed by atoms with Crippen LogP contribution in [0.1, 0.15) is 56.0 Å². The molecule has 3 heterocycles. The Bertz CT molecular complexity index is 1130. The van der Waals surface area contributed by atoms with Gasteiger partial charge in [0.1, 0.15) is 11.6 Å². The van der Waals surface area contributed by atoms with Crippen LogP contribution in [-0.4, -0.2) is 71.5 Å². The fourth-order valence-corrected chi connectivity index (χ4v) is 4.68. The number of nitrogens with one attached hydrogen (secondary N) is 1. The molecule has 0 atom stereocenters. The number of nitrogens with zero attached hydrogens (tertiary/aromatic N) is 4. The van der Waals surface area contributed by atoms with Gasteiger partial charge in [-0.25, -0.2) is 9.78 Å². The average Bonchev–Trinajstić information content (AvgIpc) is 3.37. The Labute approximate surface area is 217 Å². The van der Waals surface area contributed by atoms with Crippen LogP contribution < -0.4 is 15.0 Å². The van der Waals surface area contributed by atoms with Gasteiger partial charge in [-0.2, -0.15) is 4.98 Å². The number of aromatic nitrogens is 2. The molecule has 1 N–H and O–H groups in total. The lowest BCUT2D eigenvalue weighted by molar-refractivity contribution is -0.160. The third kappa shape index (κ3) is 6.55. The number of likely N-dealkylation sites (tertiary alicyclic amines) is 1. The summed E-state index contributed by atoms with van der Waals surface area (Å²) >= 11 is 0. The van der Waals surface area contributed by atoms with E-state index in [0.717, 1.165) is 37.0 Å². The van der Waals surface area contributed by atoms with Gasteiger partial charge in [0.2, 0.25) is 5.95 Å². The van der Waals surface area contributed by atoms with Crippen LogP contribution in [0.2, 0.25) is 0 Å². The molecule has 10 nitrogen and oxygen atoms in total. The first-order valence-electron chi connectivity index (χ1n) is 13.0. The van der Waals surface area contributed by atoms with Crippen LogP contribution in [0.5, 0.6) is 5.75 Å². The predicted molar refractivity (Wildman–Crippen MR) is 139 cm³/mol. The van der Waals surface area contributed by atoms with Crippen molar-refractivity contribution >= 4 is 29.5 Å². The molecule has 4 rings (SSSR count). The van der Waals surface area contributed by atoms with E-state index in [1.165, 1.54) is 0 Å². The molecule has 0 saturated carbocycles. The summed E-state index contributed by atoms with van der Waals surface area (Å²) < 4.78 is 10.4. The van der Waals surface area contributed by atoms with Crippen molar-refractivity contribution in [3.8, 4) is 5.75 Å². The van der Waals surface area contributed by atoms with Gasteiger partial charge in [-0.1, -0.05) is 0 Å². The number of hydrogen-bond acceptors (Lipinski definition) is 8. The van der Waals surface area contributed by atoms with Crippen LogP contribution in [0.3, 0.4) is 0 Å². The molecule has 0 spiro atoms. The molecule has 1 saturated heterocycles. The molecule has 1 aromatic carbocycles. The third-order valence-corrected chi connectivity index (χ3v) is 6.63. The normalized spacial score (nSPS) is 15.2. The molecule has 1 aromatic heterocycles. The monoisotopic (exact) mass is 509 g/mol. The predicted octanol–water partition coefficient (Wildman–Crippen LogP) is 3.07. The van der Waals surface area contributed by atoms with Crippen LogP contribution in [0.4, 0.5) is 11.8 Å². The second-order valence-electron chi connectivity index (χ2n) is 9.66. The first-order chi connectivity index (χ1) is 17.9. The van der Waals surface area contributed by atoms with Gasteiger partial charge in [0.25, 0.3) is 5.91 Å². The minimum absolute atomic E-state index is 0.126. The van der Waals surface area contributed by atoms with E-state index in [-0.39, 0.29) is 18.6 Å². The molecule has 10 heteroatoms. The first kappa shape index (κ1) is 26.4.